The van der Waals surface area contributed by atoms with Crippen LogP contribution in [0.4, 0.5) is 5.82 Å². The Morgan fingerprint density at radius 2 is 2.24 bits per heavy atom. The number of aromatic nitrogens is 1. The smallest absolute Gasteiger partial charge is 0.144 e. The quantitative estimate of drug-likeness (QED) is 0.818. The average molecular weight is 254 g/mol. The summed E-state index contributed by atoms with van der Waals surface area (Å²) in [5.41, 5.74) is 1.14. The zero-order valence-corrected chi connectivity index (χ0v) is 11.2. The molecule has 0 saturated heterocycles. The van der Waals surface area contributed by atoms with Gasteiger partial charge in [0.15, 0.2) is 0 Å². The van der Waals surface area contributed by atoms with Crippen LogP contribution in [0.2, 0.25) is 5.02 Å². The first-order valence-electron chi connectivity index (χ1n) is 6.27. The highest BCUT2D eigenvalue weighted by molar-refractivity contribution is 6.32. The van der Waals surface area contributed by atoms with Crippen molar-refractivity contribution in [1.29, 1.82) is 0 Å². The normalized spacial score (nSPS) is 15.3. The second-order valence-electron chi connectivity index (χ2n) is 5.12. The summed E-state index contributed by atoms with van der Waals surface area (Å²) in [4.78, 5) is 4.37. The van der Waals surface area contributed by atoms with Crippen LogP contribution in [0.3, 0.4) is 0 Å². The second-order valence-corrected chi connectivity index (χ2v) is 5.52. The molecule has 0 spiro atoms. The van der Waals surface area contributed by atoms with Crippen LogP contribution in [-0.4, -0.2) is 17.6 Å². The van der Waals surface area contributed by atoms with E-state index >= 15 is 0 Å². The molecule has 0 aliphatic heterocycles. The van der Waals surface area contributed by atoms with E-state index in [2.05, 4.69) is 29.5 Å². The van der Waals surface area contributed by atoms with Crippen molar-refractivity contribution in [3.63, 3.8) is 0 Å². The van der Waals surface area contributed by atoms with Gasteiger partial charge in [0.25, 0.3) is 0 Å². The van der Waals surface area contributed by atoms with Crippen molar-refractivity contribution in [1.82, 2.24) is 10.3 Å². The highest BCUT2D eigenvalue weighted by Gasteiger charge is 2.22. The molecule has 0 unspecified atom stereocenters. The molecule has 0 aromatic carbocycles. The van der Waals surface area contributed by atoms with Crippen molar-refractivity contribution >= 4 is 17.4 Å². The summed E-state index contributed by atoms with van der Waals surface area (Å²) in [5.74, 6) is 1.48. The van der Waals surface area contributed by atoms with E-state index in [1.165, 1.54) is 12.8 Å². The van der Waals surface area contributed by atoms with E-state index in [0.717, 1.165) is 29.5 Å². The lowest BCUT2D eigenvalue weighted by atomic mass is 10.2. The lowest BCUT2D eigenvalue weighted by Gasteiger charge is -2.10. The predicted molar refractivity (Wildman–Crippen MR) is 72.4 cm³/mol. The maximum Gasteiger partial charge on any atom is 0.144 e. The zero-order chi connectivity index (χ0) is 12.3. The van der Waals surface area contributed by atoms with E-state index in [1.807, 2.05) is 12.3 Å². The lowest BCUT2D eigenvalue weighted by molar-refractivity contribution is 0.552. The molecule has 17 heavy (non-hydrogen) atoms. The Balaban J connectivity index is 1.88. The fourth-order valence-corrected chi connectivity index (χ4v) is 1.85. The van der Waals surface area contributed by atoms with Gasteiger partial charge in [0.2, 0.25) is 0 Å². The highest BCUT2D eigenvalue weighted by atomic mass is 35.5. The van der Waals surface area contributed by atoms with Crippen LogP contribution in [0, 0.1) is 5.92 Å². The zero-order valence-electron chi connectivity index (χ0n) is 10.5. The number of halogens is 1. The van der Waals surface area contributed by atoms with Gasteiger partial charge < -0.3 is 10.6 Å². The molecular weight excluding hydrogens is 234 g/mol. The van der Waals surface area contributed by atoms with Crippen LogP contribution < -0.4 is 10.6 Å². The largest absolute Gasteiger partial charge is 0.366 e. The van der Waals surface area contributed by atoms with Gasteiger partial charge in [-0.2, -0.15) is 0 Å². The van der Waals surface area contributed by atoms with Crippen molar-refractivity contribution < 1.29 is 0 Å². The Morgan fingerprint density at radius 3 is 2.82 bits per heavy atom. The van der Waals surface area contributed by atoms with E-state index in [1.54, 1.807) is 0 Å². The predicted octanol–water partition coefficient (Wildman–Crippen LogP) is 3.05. The van der Waals surface area contributed by atoms with Crippen LogP contribution in [0.25, 0.3) is 0 Å². The molecule has 1 saturated carbocycles. The first-order chi connectivity index (χ1) is 8.15. The Bertz CT molecular complexity index is 375. The van der Waals surface area contributed by atoms with Gasteiger partial charge in [-0.3, -0.25) is 0 Å². The first kappa shape index (κ1) is 12.7. The fourth-order valence-electron chi connectivity index (χ4n) is 1.61. The monoisotopic (exact) mass is 253 g/mol. The van der Waals surface area contributed by atoms with Gasteiger partial charge in [-0.15, -0.1) is 0 Å². The molecule has 4 heteroatoms. The topological polar surface area (TPSA) is 37.0 Å². The Labute approximate surface area is 108 Å². The molecule has 1 aromatic heterocycles. The molecule has 2 rings (SSSR count). The second kappa shape index (κ2) is 5.69. The van der Waals surface area contributed by atoms with Gasteiger partial charge in [-0.05, 0) is 36.9 Å². The molecule has 0 amide bonds. The van der Waals surface area contributed by atoms with Crippen LogP contribution >= 0.6 is 11.6 Å². The molecule has 1 aliphatic carbocycles. The number of rotatable bonds is 6. The molecule has 2 N–H and O–H groups in total. The molecule has 0 bridgehead atoms. The maximum atomic E-state index is 6.19. The Kier molecular flexibility index (Phi) is 4.24. The van der Waals surface area contributed by atoms with Crippen molar-refractivity contribution in [3.05, 3.63) is 22.8 Å². The summed E-state index contributed by atoms with van der Waals surface area (Å²) in [6.45, 7) is 6.23. The van der Waals surface area contributed by atoms with Crippen molar-refractivity contribution in [3.8, 4) is 0 Å². The molecule has 3 nitrogen and oxygen atoms in total. The highest BCUT2D eigenvalue weighted by Crippen LogP contribution is 2.28. The standard InChI is InChI=1S/C13H20ClN3/c1-9(2)6-15-7-10-5-12(14)13(16-8-10)17-11-3-4-11/h5,8-9,11,15H,3-4,6-7H2,1-2H3,(H,16,17). The van der Waals surface area contributed by atoms with Gasteiger partial charge in [0, 0.05) is 18.8 Å². The fraction of sp³-hybridized carbons (Fsp3) is 0.615. The average Bonchev–Trinajstić information content (AvgIpc) is 3.05. The molecule has 1 fully saturated rings. The van der Waals surface area contributed by atoms with E-state index in [9.17, 15) is 0 Å². The third kappa shape index (κ3) is 4.17. The molecule has 1 aromatic rings. The minimum atomic E-state index is 0.588. The van der Waals surface area contributed by atoms with Gasteiger partial charge in [0.1, 0.15) is 5.82 Å². The maximum absolute atomic E-state index is 6.19. The van der Waals surface area contributed by atoms with Crippen LogP contribution in [-0.2, 0) is 6.54 Å². The molecular formula is C13H20ClN3. The molecule has 0 atom stereocenters. The van der Waals surface area contributed by atoms with Crippen LogP contribution in [0.5, 0.6) is 0 Å². The van der Waals surface area contributed by atoms with Crippen molar-refractivity contribution in [2.75, 3.05) is 11.9 Å². The van der Waals surface area contributed by atoms with Gasteiger partial charge >= 0.3 is 0 Å². The van der Waals surface area contributed by atoms with Crippen LogP contribution in [0.1, 0.15) is 32.3 Å². The Hall–Kier alpha value is -0.800. The van der Waals surface area contributed by atoms with Crippen molar-refractivity contribution in [2.24, 2.45) is 5.92 Å². The lowest BCUT2D eigenvalue weighted by Crippen LogP contribution is -2.19. The minimum absolute atomic E-state index is 0.588. The summed E-state index contributed by atoms with van der Waals surface area (Å²) < 4.78 is 0. The number of nitrogens with zero attached hydrogens (tertiary/aromatic N) is 1. The van der Waals surface area contributed by atoms with E-state index < -0.39 is 0 Å². The number of pyridine rings is 1. The molecule has 94 valence electrons. The molecule has 0 radical (unpaired) electrons. The van der Waals surface area contributed by atoms with Gasteiger partial charge in [-0.25, -0.2) is 4.98 Å². The summed E-state index contributed by atoms with van der Waals surface area (Å²) >= 11 is 6.19. The first-order valence-corrected chi connectivity index (χ1v) is 6.64. The van der Waals surface area contributed by atoms with Gasteiger partial charge in [0.05, 0.1) is 5.02 Å². The van der Waals surface area contributed by atoms with E-state index in [0.29, 0.717) is 12.0 Å². The van der Waals surface area contributed by atoms with Crippen LogP contribution in [0.15, 0.2) is 12.3 Å². The number of hydrogen-bond acceptors (Lipinski definition) is 3. The SMILES string of the molecule is CC(C)CNCc1cnc(NC2CC2)c(Cl)c1. The Morgan fingerprint density at radius 1 is 1.47 bits per heavy atom. The number of anilines is 1. The number of hydrogen-bond donors (Lipinski definition) is 2. The van der Waals surface area contributed by atoms with E-state index in [4.69, 9.17) is 11.6 Å². The third-order valence-electron chi connectivity index (χ3n) is 2.70. The van der Waals surface area contributed by atoms with Gasteiger partial charge in [-0.1, -0.05) is 25.4 Å². The molecule has 1 heterocycles. The summed E-state index contributed by atoms with van der Waals surface area (Å²) in [5, 5.41) is 7.43. The molecule has 1 aliphatic rings. The minimum Gasteiger partial charge on any atom is -0.366 e. The third-order valence-corrected chi connectivity index (χ3v) is 2.99. The van der Waals surface area contributed by atoms with E-state index in [-0.39, 0.29) is 0 Å². The summed E-state index contributed by atoms with van der Waals surface area (Å²) in [6.07, 6.45) is 4.36. The van der Waals surface area contributed by atoms with Crippen molar-refractivity contribution in [2.45, 2.75) is 39.3 Å². The summed E-state index contributed by atoms with van der Waals surface area (Å²) in [7, 11) is 0. The summed E-state index contributed by atoms with van der Waals surface area (Å²) in [6, 6.07) is 2.58. The number of nitrogens with one attached hydrogen (secondary N) is 2.